The SMILES string of the molecule is [c]1oc2ccccc2c1-c1scc2ccccc12. The summed E-state index contributed by atoms with van der Waals surface area (Å²) in [6.07, 6.45) is 3.04. The number of benzene rings is 2. The Morgan fingerprint density at radius 3 is 2.61 bits per heavy atom. The minimum Gasteiger partial charge on any atom is -0.452 e. The van der Waals surface area contributed by atoms with Gasteiger partial charge in [0.05, 0.1) is 0 Å². The molecule has 2 heteroatoms. The third kappa shape index (κ3) is 1.33. The van der Waals surface area contributed by atoms with Crippen LogP contribution < -0.4 is 0 Å². The molecule has 0 saturated heterocycles. The molecule has 0 atom stereocenters. The molecule has 1 radical (unpaired) electrons. The molecule has 0 N–H and O–H groups in total. The minimum absolute atomic E-state index is 0.894. The van der Waals surface area contributed by atoms with E-state index in [9.17, 15) is 0 Å². The highest BCUT2D eigenvalue weighted by Gasteiger charge is 2.12. The van der Waals surface area contributed by atoms with Gasteiger partial charge in [-0.25, -0.2) is 0 Å². The first-order valence-electron chi connectivity index (χ1n) is 5.79. The fourth-order valence-corrected chi connectivity index (χ4v) is 3.31. The van der Waals surface area contributed by atoms with Gasteiger partial charge in [-0.2, -0.15) is 0 Å². The van der Waals surface area contributed by atoms with E-state index in [1.807, 2.05) is 18.2 Å². The van der Waals surface area contributed by atoms with E-state index in [1.54, 1.807) is 11.3 Å². The highest BCUT2D eigenvalue weighted by Crippen LogP contribution is 2.38. The molecule has 0 aliphatic heterocycles. The Morgan fingerprint density at radius 1 is 0.889 bits per heavy atom. The van der Waals surface area contributed by atoms with Crippen LogP contribution in [-0.2, 0) is 0 Å². The van der Waals surface area contributed by atoms with Gasteiger partial charge < -0.3 is 4.42 Å². The zero-order valence-corrected chi connectivity index (χ0v) is 10.3. The van der Waals surface area contributed by atoms with E-state index in [0.717, 1.165) is 16.5 Å². The third-order valence-corrected chi connectivity index (χ3v) is 4.19. The first kappa shape index (κ1) is 9.92. The van der Waals surface area contributed by atoms with Crippen molar-refractivity contribution in [3.8, 4) is 10.4 Å². The second-order valence-electron chi connectivity index (χ2n) is 4.23. The van der Waals surface area contributed by atoms with Crippen LogP contribution in [0.15, 0.2) is 58.3 Å². The molecule has 0 fully saturated rings. The highest BCUT2D eigenvalue weighted by molar-refractivity contribution is 7.15. The van der Waals surface area contributed by atoms with Crippen molar-refractivity contribution in [2.75, 3.05) is 0 Å². The topological polar surface area (TPSA) is 13.1 Å². The maximum Gasteiger partial charge on any atom is 0.180 e. The van der Waals surface area contributed by atoms with Gasteiger partial charge in [0.15, 0.2) is 6.26 Å². The second kappa shape index (κ2) is 3.72. The Labute approximate surface area is 108 Å². The van der Waals surface area contributed by atoms with Crippen LogP contribution in [0.25, 0.3) is 32.2 Å². The molecule has 0 aliphatic rings. The average Bonchev–Trinajstić information content (AvgIpc) is 3.01. The fourth-order valence-electron chi connectivity index (χ4n) is 2.28. The van der Waals surface area contributed by atoms with Crippen LogP contribution in [0.5, 0.6) is 0 Å². The number of thiophene rings is 1. The molecule has 1 nitrogen and oxygen atoms in total. The third-order valence-electron chi connectivity index (χ3n) is 3.16. The summed E-state index contributed by atoms with van der Waals surface area (Å²) in [5.74, 6) is 0. The lowest BCUT2D eigenvalue weighted by Gasteiger charge is -1.95. The van der Waals surface area contributed by atoms with Crippen LogP contribution in [0, 0.1) is 6.26 Å². The van der Waals surface area contributed by atoms with Crippen molar-refractivity contribution in [3.05, 3.63) is 60.2 Å². The Balaban J connectivity index is 2.08. The van der Waals surface area contributed by atoms with Gasteiger partial charge >= 0.3 is 0 Å². The van der Waals surface area contributed by atoms with Crippen molar-refractivity contribution in [3.63, 3.8) is 0 Å². The molecular weight excluding hydrogens is 240 g/mol. The van der Waals surface area contributed by atoms with Crippen molar-refractivity contribution in [1.29, 1.82) is 0 Å². The summed E-state index contributed by atoms with van der Waals surface area (Å²) < 4.78 is 5.50. The zero-order chi connectivity index (χ0) is 11.9. The fraction of sp³-hybridized carbons (Fsp3) is 0. The summed E-state index contributed by atoms with van der Waals surface area (Å²) in [6, 6.07) is 16.5. The van der Waals surface area contributed by atoms with Crippen LogP contribution in [0.3, 0.4) is 0 Å². The van der Waals surface area contributed by atoms with Crippen molar-refractivity contribution in [2.24, 2.45) is 0 Å². The van der Waals surface area contributed by atoms with Gasteiger partial charge in [-0.05, 0) is 16.8 Å². The quantitative estimate of drug-likeness (QED) is 0.456. The van der Waals surface area contributed by atoms with Crippen LogP contribution in [0.2, 0.25) is 0 Å². The summed E-state index contributed by atoms with van der Waals surface area (Å²) in [5.41, 5.74) is 1.96. The van der Waals surface area contributed by atoms with Gasteiger partial charge in [0.1, 0.15) is 5.58 Å². The van der Waals surface area contributed by atoms with Crippen molar-refractivity contribution in [1.82, 2.24) is 0 Å². The Kier molecular flexibility index (Phi) is 2.05. The monoisotopic (exact) mass is 249 g/mol. The number of fused-ring (bicyclic) bond motifs is 2. The van der Waals surface area contributed by atoms with Gasteiger partial charge in [0, 0.05) is 21.2 Å². The molecule has 0 spiro atoms. The predicted molar refractivity (Wildman–Crippen MR) is 75.9 cm³/mol. The lowest BCUT2D eigenvalue weighted by atomic mass is 10.1. The molecule has 2 aromatic carbocycles. The van der Waals surface area contributed by atoms with Crippen molar-refractivity contribution < 1.29 is 4.42 Å². The molecule has 0 unspecified atom stereocenters. The predicted octanol–water partition coefficient (Wildman–Crippen LogP) is 5.11. The molecule has 0 amide bonds. The van der Waals surface area contributed by atoms with Gasteiger partial charge in [0.25, 0.3) is 0 Å². The van der Waals surface area contributed by atoms with E-state index in [0.29, 0.717) is 0 Å². The normalized spacial score (nSPS) is 11.3. The lowest BCUT2D eigenvalue weighted by molar-refractivity contribution is 0.607. The van der Waals surface area contributed by atoms with E-state index in [2.05, 4.69) is 42.0 Å². The molecule has 4 aromatic rings. The molecule has 0 bridgehead atoms. The van der Waals surface area contributed by atoms with Crippen molar-refractivity contribution in [2.45, 2.75) is 0 Å². The largest absolute Gasteiger partial charge is 0.452 e. The van der Waals surface area contributed by atoms with Gasteiger partial charge in [0.2, 0.25) is 0 Å². The maximum absolute atomic E-state index is 5.50. The Morgan fingerprint density at radius 2 is 1.67 bits per heavy atom. The molecule has 0 aliphatic carbocycles. The number of para-hydroxylation sites is 1. The summed E-state index contributed by atoms with van der Waals surface area (Å²) in [7, 11) is 0. The summed E-state index contributed by atoms with van der Waals surface area (Å²) in [6.45, 7) is 0. The van der Waals surface area contributed by atoms with Crippen LogP contribution in [0.4, 0.5) is 0 Å². The molecule has 85 valence electrons. The number of hydrogen-bond donors (Lipinski definition) is 0. The zero-order valence-electron chi connectivity index (χ0n) is 9.51. The average molecular weight is 249 g/mol. The van der Waals surface area contributed by atoms with E-state index >= 15 is 0 Å². The van der Waals surface area contributed by atoms with Crippen LogP contribution in [0.1, 0.15) is 0 Å². The maximum atomic E-state index is 5.50. The first-order chi connectivity index (χ1) is 8.93. The van der Waals surface area contributed by atoms with Gasteiger partial charge in [-0.15, -0.1) is 11.3 Å². The molecular formula is C16H9OS. The van der Waals surface area contributed by atoms with E-state index in [-0.39, 0.29) is 0 Å². The van der Waals surface area contributed by atoms with Crippen LogP contribution >= 0.6 is 11.3 Å². The van der Waals surface area contributed by atoms with Gasteiger partial charge in [-0.1, -0.05) is 42.5 Å². The second-order valence-corrected chi connectivity index (χ2v) is 5.11. The van der Waals surface area contributed by atoms with Crippen molar-refractivity contribution >= 4 is 33.1 Å². The standard InChI is InChI=1S/C16H9OS/c1-2-6-12-11(5-1)10-18-16(12)14-9-17-15-8-4-3-7-13(14)15/h1-8,10H. The lowest BCUT2D eigenvalue weighted by Crippen LogP contribution is -1.71. The van der Waals surface area contributed by atoms with E-state index in [4.69, 9.17) is 4.42 Å². The Bertz CT molecular complexity index is 766. The van der Waals surface area contributed by atoms with E-state index < -0.39 is 0 Å². The molecule has 2 aromatic heterocycles. The number of hydrogen-bond acceptors (Lipinski definition) is 2. The summed E-state index contributed by atoms with van der Waals surface area (Å²) in [4.78, 5) is 1.23. The smallest absolute Gasteiger partial charge is 0.180 e. The summed E-state index contributed by atoms with van der Waals surface area (Å²) >= 11 is 1.74. The van der Waals surface area contributed by atoms with Crippen LogP contribution in [-0.4, -0.2) is 0 Å². The first-order valence-corrected chi connectivity index (χ1v) is 6.67. The molecule has 0 saturated carbocycles. The molecule has 18 heavy (non-hydrogen) atoms. The number of furan rings is 1. The molecule has 2 heterocycles. The Hall–Kier alpha value is -2.06. The number of rotatable bonds is 1. The van der Waals surface area contributed by atoms with E-state index in [1.165, 1.54) is 15.6 Å². The van der Waals surface area contributed by atoms with Gasteiger partial charge in [-0.3, -0.25) is 0 Å². The molecule has 4 rings (SSSR count). The minimum atomic E-state index is 0.894. The summed E-state index contributed by atoms with van der Waals surface area (Å²) in [5, 5.41) is 5.85. The highest BCUT2D eigenvalue weighted by atomic mass is 32.1.